The Hall–Kier alpha value is -3.45. The number of rotatable bonds is 11. The first-order chi connectivity index (χ1) is 20.8. The molecule has 10 nitrogen and oxygen atoms in total. The molecule has 1 saturated heterocycles. The fraction of sp³-hybridized carbons (Fsp3) is 0.469. The third kappa shape index (κ3) is 8.17. The summed E-state index contributed by atoms with van der Waals surface area (Å²) in [5, 5.41) is -0.137. The summed E-state index contributed by atoms with van der Waals surface area (Å²) in [6.07, 6.45) is -0.192. The van der Waals surface area contributed by atoms with Gasteiger partial charge in [-0.15, -0.1) is 0 Å². The molecule has 0 bridgehead atoms. The molecule has 4 atom stereocenters. The van der Waals surface area contributed by atoms with Gasteiger partial charge in [-0.2, -0.15) is 0 Å². The first kappa shape index (κ1) is 33.4. The first-order valence-electron chi connectivity index (χ1n) is 14.6. The summed E-state index contributed by atoms with van der Waals surface area (Å²) < 4.78 is 38.0. The number of hydrogen-bond donors (Lipinski definition) is 1. The van der Waals surface area contributed by atoms with Crippen molar-refractivity contribution in [3.8, 4) is 17.2 Å². The van der Waals surface area contributed by atoms with Crippen LogP contribution in [0.4, 0.5) is 0 Å². The Kier molecular flexibility index (Phi) is 10.7. The van der Waals surface area contributed by atoms with E-state index in [9.17, 15) is 9.59 Å². The van der Waals surface area contributed by atoms with E-state index in [0.29, 0.717) is 30.1 Å². The van der Waals surface area contributed by atoms with E-state index < -0.39 is 38.0 Å². The highest BCUT2D eigenvalue weighted by atomic mass is 32.1. The molecule has 2 aromatic carbocycles. The molecule has 12 heteroatoms. The highest BCUT2D eigenvalue weighted by Crippen LogP contribution is 2.41. The normalized spacial score (nSPS) is 20.2. The third-order valence-electron chi connectivity index (χ3n) is 8.29. The van der Waals surface area contributed by atoms with Gasteiger partial charge in [0.1, 0.15) is 17.2 Å². The van der Waals surface area contributed by atoms with Crippen molar-refractivity contribution in [2.75, 3.05) is 20.3 Å². The Balaban J connectivity index is 1.65. The van der Waals surface area contributed by atoms with Crippen LogP contribution in [-0.4, -0.2) is 55.6 Å². The fourth-order valence-electron chi connectivity index (χ4n) is 4.65. The van der Waals surface area contributed by atoms with Gasteiger partial charge in [-0.1, -0.05) is 39.0 Å². The van der Waals surface area contributed by atoms with Crippen molar-refractivity contribution in [2.24, 2.45) is 5.92 Å². The fourth-order valence-corrected chi connectivity index (χ4v) is 5.87. The van der Waals surface area contributed by atoms with Crippen LogP contribution < -0.4 is 25.5 Å². The molecule has 2 heterocycles. The summed E-state index contributed by atoms with van der Waals surface area (Å²) in [6, 6.07) is 16.4. The number of aromatic nitrogens is 2. The van der Waals surface area contributed by atoms with Crippen molar-refractivity contribution in [3.63, 3.8) is 0 Å². The van der Waals surface area contributed by atoms with E-state index in [2.05, 4.69) is 38.8 Å². The molecular weight excluding hydrogens is 601 g/mol. The van der Waals surface area contributed by atoms with Crippen molar-refractivity contribution >= 4 is 25.8 Å². The summed E-state index contributed by atoms with van der Waals surface area (Å²) in [5.74, 6) is 1.61. The average Bonchev–Trinajstić information content (AvgIpc) is 3.30. The predicted molar refractivity (Wildman–Crippen MR) is 174 cm³/mol. The Morgan fingerprint density at radius 2 is 1.68 bits per heavy atom. The number of para-hydroxylation sites is 1. The lowest BCUT2D eigenvalue weighted by Gasteiger charge is -2.37. The number of aryl methyl sites for hydroxylation is 1. The standard InChI is InChI=1S/C32H42N2O8SSi/c1-21-19-34(30(36)33-28(21)35)29-27(42-31(43)40-24-11-9-8-10-12-24)25(17-18-38-23-15-13-22(37-5)14-16-23)26(41-29)20-39-44(6,7)32(2,3)4/h8-16,19,25-27,29H,17-18,20H2,1-7H3,(H,33,35,36)/t25-,26-,27-,29-/m1/s1. The number of hydrogen-bond acceptors (Lipinski definition) is 9. The van der Waals surface area contributed by atoms with E-state index in [0.717, 1.165) is 5.75 Å². The summed E-state index contributed by atoms with van der Waals surface area (Å²) in [4.78, 5) is 27.6. The Labute approximate surface area is 264 Å². The maximum Gasteiger partial charge on any atom is 0.358 e. The van der Waals surface area contributed by atoms with E-state index >= 15 is 0 Å². The molecule has 4 rings (SSSR count). The summed E-state index contributed by atoms with van der Waals surface area (Å²) in [7, 11) is -0.548. The molecule has 0 unspecified atom stereocenters. The van der Waals surface area contributed by atoms with Crippen molar-refractivity contribution in [1.82, 2.24) is 9.55 Å². The molecule has 1 N–H and O–H groups in total. The molecule has 44 heavy (non-hydrogen) atoms. The third-order valence-corrected chi connectivity index (χ3v) is 13.0. The van der Waals surface area contributed by atoms with Crippen LogP contribution in [0.3, 0.4) is 0 Å². The number of benzene rings is 2. The van der Waals surface area contributed by atoms with E-state index in [1.54, 1.807) is 26.2 Å². The maximum atomic E-state index is 13.1. The van der Waals surface area contributed by atoms with Gasteiger partial charge < -0.3 is 28.1 Å². The van der Waals surface area contributed by atoms with Gasteiger partial charge >= 0.3 is 10.9 Å². The second-order valence-corrected chi connectivity index (χ2v) is 17.5. The van der Waals surface area contributed by atoms with Crippen LogP contribution in [0.2, 0.25) is 18.1 Å². The van der Waals surface area contributed by atoms with Crippen LogP contribution in [-0.2, 0) is 13.9 Å². The minimum absolute atomic E-state index is 0.0219. The van der Waals surface area contributed by atoms with E-state index in [-0.39, 0.29) is 22.8 Å². The van der Waals surface area contributed by atoms with Crippen molar-refractivity contribution < 1.29 is 28.1 Å². The number of nitrogens with one attached hydrogen (secondary N) is 1. The van der Waals surface area contributed by atoms with Crippen LogP contribution in [0.5, 0.6) is 17.2 Å². The number of nitrogens with zero attached hydrogens (tertiary/aromatic N) is 1. The monoisotopic (exact) mass is 642 g/mol. The Morgan fingerprint density at radius 3 is 2.32 bits per heavy atom. The maximum absolute atomic E-state index is 13.1. The quantitative estimate of drug-likeness (QED) is 0.211. The Morgan fingerprint density at radius 1 is 1.02 bits per heavy atom. The average molecular weight is 643 g/mol. The minimum atomic E-state index is -2.16. The lowest BCUT2D eigenvalue weighted by molar-refractivity contribution is -0.0515. The van der Waals surface area contributed by atoms with Crippen LogP contribution in [0.15, 0.2) is 70.4 Å². The molecule has 238 valence electrons. The number of H-pyrrole nitrogens is 1. The smallest absolute Gasteiger partial charge is 0.358 e. The molecular formula is C32H42N2O8SSi. The zero-order chi connectivity index (χ0) is 32.1. The molecule has 0 saturated carbocycles. The van der Waals surface area contributed by atoms with Gasteiger partial charge in [-0.3, -0.25) is 14.3 Å². The highest BCUT2D eigenvalue weighted by molar-refractivity contribution is 7.79. The summed E-state index contributed by atoms with van der Waals surface area (Å²) in [5.41, 5.74) is -0.726. The van der Waals surface area contributed by atoms with Crippen LogP contribution in [0.1, 0.15) is 39.0 Å². The van der Waals surface area contributed by atoms with Gasteiger partial charge in [-0.25, -0.2) is 4.79 Å². The lowest BCUT2D eigenvalue weighted by Crippen LogP contribution is -2.44. The van der Waals surface area contributed by atoms with Crippen LogP contribution >= 0.6 is 12.2 Å². The van der Waals surface area contributed by atoms with Gasteiger partial charge in [0, 0.05) is 29.9 Å². The van der Waals surface area contributed by atoms with Crippen LogP contribution in [0, 0.1) is 12.8 Å². The van der Waals surface area contributed by atoms with Gasteiger partial charge in [0.05, 0.1) is 26.4 Å². The summed E-state index contributed by atoms with van der Waals surface area (Å²) in [6.45, 7) is 13.1. The number of methoxy groups -OCH3 is 1. The van der Waals surface area contributed by atoms with Crippen molar-refractivity contribution in [1.29, 1.82) is 0 Å². The molecule has 1 aliphatic heterocycles. The van der Waals surface area contributed by atoms with Gasteiger partial charge in [-0.05, 0) is 67.9 Å². The second-order valence-electron chi connectivity index (χ2n) is 12.3. The molecule has 3 aromatic rings. The largest absolute Gasteiger partial charge is 0.497 e. The molecule has 1 aromatic heterocycles. The zero-order valence-corrected chi connectivity index (χ0v) is 28.1. The molecule has 1 fully saturated rings. The van der Waals surface area contributed by atoms with Gasteiger partial charge in [0.25, 0.3) is 5.56 Å². The SMILES string of the molecule is COc1ccc(OCC[C@H]2[C@@H](OC(=S)Oc3ccccc3)[C@H](n3cc(C)c(=O)[nH]c3=O)O[C@@H]2CO[Si](C)(C)C(C)(C)C)cc1. The summed E-state index contributed by atoms with van der Waals surface area (Å²) >= 11 is 5.52. The Bertz CT molecular complexity index is 1520. The molecule has 0 aliphatic carbocycles. The number of thiocarbonyl (C=S) groups is 1. The number of ether oxygens (including phenoxy) is 5. The van der Waals surface area contributed by atoms with E-state index in [4.69, 9.17) is 40.3 Å². The molecule has 0 spiro atoms. The molecule has 0 radical (unpaired) electrons. The lowest BCUT2D eigenvalue weighted by atomic mass is 9.94. The van der Waals surface area contributed by atoms with E-state index in [1.807, 2.05) is 42.5 Å². The second kappa shape index (κ2) is 14.1. The zero-order valence-electron chi connectivity index (χ0n) is 26.3. The van der Waals surface area contributed by atoms with E-state index in [1.165, 1.54) is 10.8 Å². The topological polar surface area (TPSA) is 110 Å². The van der Waals surface area contributed by atoms with Crippen molar-refractivity contribution in [2.45, 2.75) is 70.7 Å². The molecule has 1 aliphatic rings. The first-order valence-corrected chi connectivity index (χ1v) is 17.9. The number of aromatic amines is 1. The van der Waals surface area contributed by atoms with Crippen molar-refractivity contribution in [3.05, 3.63) is 87.2 Å². The molecule has 0 amide bonds. The van der Waals surface area contributed by atoms with Gasteiger partial charge in [0.2, 0.25) is 0 Å². The highest BCUT2D eigenvalue weighted by Gasteiger charge is 2.49. The van der Waals surface area contributed by atoms with Crippen LogP contribution in [0.25, 0.3) is 0 Å². The predicted octanol–water partition coefficient (Wildman–Crippen LogP) is 5.61. The van der Waals surface area contributed by atoms with Gasteiger partial charge in [0.15, 0.2) is 20.6 Å². The minimum Gasteiger partial charge on any atom is -0.497 e.